The molecule has 0 aliphatic rings. The van der Waals surface area contributed by atoms with E-state index in [2.05, 4.69) is 15.9 Å². The van der Waals surface area contributed by atoms with Gasteiger partial charge in [-0.1, -0.05) is 28.1 Å². The van der Waals surface area contributed by atoms with Crippen LogP contribution in [0.2, 0.25) is 0 Å². The maximum Gasteiger partial charge on any atom is 0.155 e. The standard InChI is InChI=1S/C10H8BrFS2/c1-13-10-9(12)7-3-2-6(5-11)4-8(7)14-10/h2-4H,5H2,1H3. The molecule has 4 heteroatoms. The predicted molar refractivity (Wildman–Crippen MR) is 66.2 cm³/mol. The maximum atomic E-state index is 13.6. The highest BCUT2D eigenvalue weighted by Crippen LogP contribution is 2.36. The summed E-state index contributed by atoms with van der Waals surface area (Å²) in [5, 5.41) is 1.56. The monoisotopic (exact) mass is 290 g/mol. The van der Waals surface area contributed by atoms with Crippen molar-refractivity contribution in [1.29, 1.82) is 0 Å². The average Bonchev–Trinajstić information content (AvgIpc) is 2.55. The van der Waals surface area contributed by atoms with E-state index in [9.17, 15) is 4.39 Å². The lowest BCUT2D eigenvalue weighted by atomic mass is 10.2. The van der Waals surface area contributed by atoms with Crippen LogP contribution in [0.1, 0.15) is 5.56 Å². The van der Waals surface area contributed by atoms with E-state index in [1.807, 2.05) is 24.5 Å². The second-order valence-electron chi connectivity index (χ2n) is 2.87. The number of halogens is 2. The average molecular weight is 291 g/mol. The van der Waals surface area contributed by atoms with Gasteiger partial charge in [0.1, 0.15) is 0 Å². The van der Waals surface area contributed by atoms with Crippen molar-refractivity contribution in [3.8, 4) is 0 Å². The topological polar surface area (TPSA) is 0 Å². The molecule has 2 rings (SSSR count). The van der Waals surface area contributed by atoms with Crippen LogP contribution in [0.3, 0.4) is 0 Å². The lowest BCUT2D eigenvalue weighted by molar-refractivity contribution is 0.623. The molecule has 0 saturated heterocycles. The molecule has 1 aromatic carbocycles. The third-order valence-corrected chi connectivity index (χ3v) is 4.87. The Morgan fingerprint density at radius 2 is 2.29 bits per heavy atom. The van der Waals surface area contributed by atoms with Crippen LogP contribution in [-0.4, -0.2) is 6.26 Å². The Hall–Kier alpha value is -0.0600. The molecule has 0 nitrogen and oxygen atoms in total. The molecule has 0 aliphatic carbocycles. The Bertz CT molecular complexity index is 464. The highest BCUT2D eigenvalue weighted by atomic mass is 79.9. The number of thiophene rings is 1. The molecule has 0 bridgehead atoms. The normalized spacial score (nSPS) is 11.1. The third kappa shape index (κ3) is 1.71. The van der Waals surface area contributed by atoms with E-state index in [-0.39, 0.29) is 5.82 Å². The molecule has 0 aliphatic heterocycles. The Balaban J connectivity index is 2.66. The number of hydrogen-bond donors (Lipinski definition) is 0. The van der Waals surface area contributed by atoms with Gasteiger partial charge in [0.05, 0.1) is 4.21 Å². The van der Waals surface area contributed by atoms with Crippen LogP contribution < -0.4 is 0 Å². The number of fused-ring (bicyclic) bond motifs is 1. The fraction of sp³-hybridized carbons (Fsp3) is 0.200. The molecule has 0 spiro atoms. The van der Waals surface area contributed by atoms with Gasteiger partial charge in [-0.05, 0) is 17.9 Å². The van der Waals surface area contributed by atoms with E-state index in [1.165, 1.54) is 28.7 Å². The maximum absolute atomic E-state index is 13.6. The molecular weight excluding hydrogens is 283 g/mol. The molecule has 0 amide bonds. The molecule has 0 unspecified atom stereocenters. The molecule has 0 radical (unpaired) electrons. The van der Waals surface area contributed by atoms with Crippen LogP contribution in [0.15, 0.2) is 22.4 Å². The van der Waals surface area contributed by atoms with E-state index in [0.29, 0.717) is 0 Å². The fourth-order valence-electron chi connectivity index (χ4n) is 1.30. The van der Waals surface area contributed by atoms with Gasteiger partial charge in [-0.2, -0.15) is 0 Å². The van der Waals surface area contributed by atoms with Crippen molar-refractivity contribution in [1.82, 2.24) is 0 Å². The van der Waals surface area contributed by atoms with Crippen molar-refractivity contribution in [3.05, 3.63) is 29.6 Å². The Morgan fingerprint density at radius 3 is 2.93 bits per heavy atom. The SMILES string of the molecule is CSc1sc2cc(CBr)ccc2c1F. The van der Waals surface area contributed by atoms with E-state index in [0.717, 1.165) is 19.6 Å². The van der Waals surface area contributed by atoms with Crippen molar-refractivity contribution in [2.45, 2.75) is 9.54 Å². The Labute approximate surface area is 98.6 Å². The zero-order chi connectivity index (χ0) is 10.1. The second kappa shape index (κ2) is 4.21. The van der Waals surface area contributed by atoms with Gasteiger partial charge in [-0.15, -0.1) is 23.1 Å². The quantitative estimate of drug-likeness (QED) is 0.573. The summed E-state index contributed by atoms with van der Waals surface area (Å²) < 4.78 is 15.4. The van der Waals surface area contributed by atoms with Gasteiger partial charge in [0.2, 0.25) is 0 Å². The van der Waals surface area contributed by atoms with Crippen LogP contribution in [-0.2, 0) is 5.33 Å². The van der Waals surface area contributed by atoms with Gasteiger partial charge in [-0.25, -0.2) is 4.39 Å². The first kappa shape index (κ1) is 10.5. The number of benzene rings is 1. The van der Waals surface area contributed by atoms with Crippen LogP contribution in [0.25, 0.3) is 10.1 Å². The summed E-state index contributed by atoms with van der Waals surface area (Å²) in [6, 6.07) is 5.85. The lowest BCUT2D eigenvalue weighted by Crippen LogP contribution is -1.76. The number of hydrogen-bond acceptors (Lipinski definition) is 2. The molecule has 0 atom stereocenters. The van der Waals surface area contributed by atoms with E-state index >= 15 is 0 Å². The number of thioether (sulfide) groups is 1. The Kier molecular flexibility index (Phi) is 3.14. The first-order chi connectivity index (χ1) is 6.76. The minimum Gasteiger partial charge on any atom is -0.204 e. The van der Waals surface area contributed by atoms with Gasteiger partial charge in [-0.3, -0.25) is 0 Å². The van der Waals surface area contributed by atoms with E-state index in [1.54, 1.807) is 0 Å². The third-order valence-electron chi connectivity index (χ3n) is 2.00. The summed E-state index contributed by atoms with van der Waals surface area (Å²) in [6.45, 7) is 0. The highest BCUT2D eigenvalue weighted by Gasteiger charge is 2.10. The van der Waals surface area contributed by atoms with Gasteiger partial charge in [0.25, 0.3) is 0 Å². The van der Waals surface area contributed by atoms with Gasteiger partial charge >= 0.3 is 0 Å². The van der Waals surface area contributed by atoms with Crippen molar-refractivity contribution in [2.24, 2.45) is 0 Å². The molecule has 0 fully saturated rings. The summed E-state index contributed by atoms with van der Waals surface area (Å²) in [5.74, 6) is -0.0707. The molecule has 1 heterocycles. The van der Waals surface area contributed by atoms with E-state index < -0.39 is 0 Å². The Morgan fingerprint density at radius 1 is 1.50 bits per heavy atom. The summed E-state index contributed by atoms with van der Waals surface area (Å²) in [6.07, 6.45) is 1.90. The zero-order valence-electron chi connectivity index (χ0n) is 7.51. The van der Waals surface area contributed by atoms with Gasteiger partial charge in [0, 0.05) is 15.4 Å². The number of rotatable bonds is 2. The van der Waals surface area contributed by atoms with Crippen LogP contribution in [0, 0.1) is 5.82 Å². The van der Waals surface area contributed by atoms with Crippen LogP contribution in [0.4, 0.5) is 4.39 Å². The largest absolute Gasteiger partial charge is 0.204 e. The molecule has 0 saturated carbocycles. The molecule has 14 heavy (non-hydrogen) atoms. The molecule has 1 aromatic heterocycles. The summed E-state index contributed by atoms with van der Waals surface area (Å²) in [5.41, 5.74) is 1.19. The molecular formula is C10H8BrFS2. The second-order valence-corrected chi connectivity index (χ2v) is 5.56. The van der Waals surface area contributed by atoms with Crippen molar-refractivity contribution >= 4 is 49.1 Å². The first-order valence-corrected chi connectivity index (χ1v) is 7.23. The van der Waals surface area contributed by atoms with Crippen molar-refractivity contribution in [3.63, 3.8) is 0 Å². The predicted octanol–water partition coefficient (Wildman–Crippen LogP) is 4.66. The van der Waals surface area contributed by atoms with Crippen LogP contribution >= 0.6 is 39.0 Å². The highest BCUT2D eigenvalue weighted by molar-refractivity contribution is 9.08. The lowest BCUT2D eigenvalue weighted by Gasteiger charge is -1.94. The summed E-state index contributed by atoms with van der Waals surface area (Å²) in [4.78, 5) is 0. The van der Waals surface area contributed by atoms with E-state index in [4.69, 9.17) is 0 Å². The van der Waals surface area contributed by atoms with Crippen molar-refractivity contribution < 1.29 is 4.39 Å². The zero-order valence-corrected chi connectivity index (χ0v) is 10.7. The van der Waals surface area contributed by atoms with Crippen molar-refractivity contribution in [2.75, 3.05) is 6.26 Å². The summed E-state index contributed by atoms with van der Waals surface area (Å²) in [7, 11) is 0. The first-order valence-electron chi connectivity index (χ1n) is 4.07. The van der Waals surface area contributed by atoms with Gasteiger partial charge < -0.3 is 0 Å². The summed E-state index contributed by atoms with van der Waals surface area (Å²) >= 11 is 6.38. The molecule has 74 valence electrons. The fourth-order valence-corrected chi connectivity index (χ4v) is 3.42. The minimum absolute atomic E-state index is 0.0707. The minimum atomic E-state index is -0.0707. The van der Waals surface area contributed by atoms with Gasteiger partial charge in [0.15, 0.2) is 5.82 Å². The molecule has 2 aromatic rings. The molecule has 0 N–H and O–H groups in total. The number of alkyl halides is 1. The van der Waals surface area contributed by atoms with Crippen LogP contribution in [0.5, 0.6) is 0 Å². The smallest absolute Gasteiger partial charge is 0.155 e.